The molecule has 0 N–H and O–H groups in total. The van der Waals surface area contributed by atoms with Crippen molar-refractivity contribution in [3.05, 3.63) is 58.7 Å². The van der Waals surface area contributed by atoms with Gasteiger partial charge in [-0.2, -0.15) is 0 Å². The Morgan fingerprint density at radius 3 is 2.31 bits per heavy atom. The molecule has 0 saturated heterocycles. The van der Waals surface area contributed by atoms with Crippen molar-refractivity contribution in [2.75, 3.05) is 0 Å². The molecule has 3 atom stereocenters. The Bertz CT molecular complexity index is 1060. The minimum Gasteiger partial charge on any atom is -0.300 e. The summed E-state index contributed by atoms with van der Waals surface area (Å²) in [7, 11) is 0. The number of hydrogen-bond donors (Lipinski definition) is 0. The van der Waals surface area contributed by atoms with E-state index in [1.165, 1.54) is 18.1 Å². The van der Waals surface area contributed by atoms with Crippen LogP contribution in [0, 0.1) is 24.7 Å². The Morgan fingerprint density at radius 1 is 1.06 bits per heavy atom. The Balaban J connectivity index is 1.96. The van der Waals surface area contributed by atoms with E-state index in [1.54, 1.807) is 0 Å². The predicted octanol–water partition coefficient (Wildman–Crippen LogP) is 7.91. The van der Waals surface area contributed by atoms with Crippen LogP contribution < -0.4 is 0 Å². The normalized spacial score (nSPS) is 17.2. The lowest BCUT2D eigenvalue weighted by atomic mass is 9.70. The van der Waals surface area contributed by atoms with Gasteiger partial charge in [-0.3, -0.25) is 14.4 Å². The Kier molecular flexibility index (Phi) is 9.21. The number of carbonyl (C=O) groups is 3. The highest BCUT2D eigenvalue weighted by Gasteiger charge is 2.34. The van der Waals surface area contributed by atoms with E-state index in [2.05, 4.69) is 52.8 Å². The summed E-state index contributed by atoms with van der Waals surface area (Å²) in [5, 5.41) is 0. The van der Waals surface area contributed by atoms with Crippen molar-refractivity contribution in [2.24, 2.45) is 17.8 Å². The van der Waals surface area contributed by atoms with Gasteiger partial charge in [-0.15, -0.1) is 0 Å². The van der Waals surface area contributed by atoms with E-state index in [4.69, 9.17) is 0 Å². The molecule has 3 nitrogen and oxygen atoms in total. The van der Waals surface area contributed by atoms with Crippen molar-refractivity contribution >= 4 is 17.3 Å². The highest BCUT2D eigenvalue weighted by molar-refractivity contribution is 6.02. The van der Waals surface area contributed by atoms with Gasteiger partial charge in [-0.25, -0.2) is 0 Å². The lowest BCUT2D eigenvalue weighted by molar-refractivity contribution is -0.129. The van der Waals surface area contributed by atoms with Crippen LogP contribution in [-0.4, -0.2) is 17.3 Å². The number of rotatable bonds is 11. The summed E-state index contributed by atoms with van der Waals surface area (Å²) in [5.41, 5.74) is 6.82. The Hall–Kier alpha value is -2.55. The van der Waals surface area contributed by atoms with Crippen LogP contribution in [0.3, 0.4) is 0 Å². The topological polar surface area (TPSA) is 51.2 Å². The largest absolute Gasteiger partial charge is 0.300 e. The van der Waals surface area contributed by atoms with Gasteiger partial charge in [0.15, 0.2) is 5.78 Å². The summed E-state index contributed by atoms with van der Waals surface area (Å²) in [6.45, 7) is 12.2. The van der Waals surface area contributed by atoms with Gasteiger partial charge < -0.3 is 0 Å². The van der Waals surface area contributed by atoms with E-state index in [0.717, 1.165) is 54.4 Å². The molecular formula is C32H42O3. The van der Waals surface area contributed by atoms with E-state index in [1.807, 2.05) is 18.2 Å². The van der Waals surface area contributed by atoms with E-state index in [9.17, 15) is 14.4 Å². The van der Waals surface area contributed by atoms with Gasteiger partial charge in [-0.1, -0.05) is 76.9 Å². The third-order valence-electron chi connectivity index (χ3n) is 7.82. The van der Waals surface area contributed by atoms with Crippen LogP contribution in [-0.2, 0) is 16.0 Å². The molecule has 2 aromatic carbocycles. The SMILES string of the molecule is CCCC(CC1CC(=O)c2c(C)c(-c3ccccc3)cc(C(C)C)c2C1)C(CC)C(=O)CC(C)=O. The molecule has 3 unspecified atom stereocenters. The molecule has 35 heavy (non-hydrogen) atoms. The van der Waals surface area contributed by atoms with Gasteiger partial charge in [0, 0.05) is 17.9 Å². The van der Waals surface area contributed by atoms with Crippen molar-refractivity contribution in [1.82, 2.24) is 0 Å². The lowest BCUT2D eigenvalue weighted by Gasteiger charge is -2.33. The van der Waals surface area contributed by atoms with Crippen LogP contribution in [0.15, 0.2) is 36.4 Å². The van der Waals surface area contributed by atoms with E-state index >= 15 is 0 Å². The second kappa shape index (κ2) is 11.9. The third-order valence-corrected chi connectivity index (χ3v) is 7.82. The van der Waals surface area contributed by atoms with E-state index in [0.29, 0.717) is 12.3 Å². The quantitative estimate of drug-likeness (QED) is 0.311. The molecule has 3 heteroatoms. The summed E-state index contributed by atoms with van der Waals surface area (Å²) in [6.07, 6.45) is 5.06. The highest BCUT2D eigenvalue weighted by Crippen LogP contribution is 2.41. The zero-order chi connectivity index (χ0) is 25.7. The van der Waals surface area contributed by atoms with Gasteiger partial charge >= 0.3 is 0 Å². The Morgan fingerprint density at radius 2 is 1.74 bits per heavy atom. The summed E-state index contributed by atoms with van der Waals surface area (Å²) in [4.78, 5) is 38.1. The first kappa shape index (κ1) is 27.0. The molecule has 188 valence electrons. The molecule has 1 aliphatic carbocycles. The maximum absolute atomic E-state index is 13.6. The number of carbonyl (C=O) groups excluding carboxylic acids is 3. The molecule has 0 bridgehead atoms. The van der Waals surface area contributed by atoms with Crippen LogP contribution in [0.5, 0.6) is 0 Å². The van der Waals surface area contributed by atoms with Crippen LogP contribution in [0.4, 0.5) is 0 Å². The molecule has 0 heterocycles. The fourth-order valence-corrected chi connectivity index (χ4v) is 6.26. The standard InChI is InChI=1S/C32H42O3/c1-7-12-25(26(8-2)30(34)15-21(5)33)16-23-17-29-27(20(3)4)19-28(24-13-10-9-11-14-24)22(6)32(29)31(35)18-23/h9-11,13-14,19-20,23,25-26H,7-8,12,15-18H2,1-6H3. The van der Waals surface area contributed by atoms with Crippen molar-refractivity contribution in [3.8, 4) is 11.1 Å². The molecule has 0 aromatic heterocycles. The summed E-state index contributed by atoms with van der Waals surface area (Å²) in [6, 6.07) is 12.7. The molecule has 0 amide bonds. The first-order valence-corrected chi connectivity index (χ1v) is 13.4. The molecule has 0 fully saturated rings. The summed E-state index contributed by atoms with van der Waals surface area (Å²) < 4.78 is 0. The van der Waals surface area contributed by atoms with Gasteiger partial charge in [0.1, 0.15) is 11.6 Å². The summed E-state index contributed by atoms with van der Waals surface area (Å²) in [5.74, 6) is 0.955. The van der Waals surface area contributed by atoms with Crippen LogP contribution in [0.1, 0.15) is 106 Å². The van der Waals surface area contributed by atoms with Gasteiger partial charge in [-0.05, 0) is 78.7 Å². The maximum Gasteiger partial charge on any atom is 0.163 e. The fourth-order valence-electron chi connectivity index (χ4n) is 6.26. The first-order valence-electron chi connectivity index (χ1n) is 13.4. The molecule has 0 saturated carbocycles. The average Bonchev–Trinajstić information content (AvgIpc) is 2.79. The third kappa shape index (κ3) is 6.18. The molecule has 0 aliphatic heterocycles. The lowest BCUT2D eigenvalue weighted by Crippen LogP contribution is -2.30. The summed E-state index contributed by atoms with van der Waals surface area (Å²) >= 11 is 0. The molecule has 1 aliphatic rings. The van der Waals surface area contributed by atoms with Crippen LogP contribution >= 0.6 is 0 Å². The first-order chi connectivity index (χ1) is 16.7. The van der Waals surface area contributed by atoms with Crippen molar-refractivity contribution in [2.45, 2.75) is 92.4 Å². The zero-order valence-electron chi connectivity index (χ0n) is 22.4. The molecule has 0 radical (unpaired) electrons. The van der Waals surface area contributed by atoms with Gasteiger partial charge in [0.25, 0.3) is 0 Å². The minimum absolute atomic E-state index is 0.0319. The average molecular weight is 475 g/mol. The monoisotopic (exact) mass is 474 g/mol. The van der Waals surface area contributed by atoms with Crippen molar-refractivity contribution in [1.29, 1.82) is 0 Å². The van der Waals surface area contributed by atoms with Crippen molar-refractivity contribution in [3.63, 3.8) is 0 Å². The molecule has 2 aromatic rings. The van der Waals surface area contributed by atoms with Crippen molar-refractivity contribution < 1.29 is 14.4 Å². The number of ketones is 3. The molecule has 3 rings (SSSR count). The number of hydrogen-bond acceptors (Lipinski definition) is 3. The second-order valence-electron chi connectivity index (χ2n) is 10.9. The second-order valence-corrected chi connectivity index (χ2v) is 10.9. The number of benzene rings is 2. The number of fused-ring (bicyclic) bond motifs is 1. The van der Waals surface area contributed by atoms with Gasteiger partial charge in [0.05, 0.1) is 6.42 Å². The number of Topliss-reactive ketones (excluding diaryl/α,β-unsaturated/α-hetero) is 3. The predicted molar refractivity (Wildman–Crippen MR) is 144 cm³/mol. The van der Waals surface area contributed by atoms with Crippen LogP contribution in [0.25, 0.3) is 11.1 Å². The van der Waals surface area contributed by atoms with Gasteiger partial charge in [0.2, 0.25) is 0 Å². The fraction of sp³-hybridized carbons (Fsp3) is 0.531. The zero-order valence-corrected chi connectivity index (χ0v) is 22.4. The molecule has 0 spiro atoms. The van der Waals surface area contributed by atoms with E-state index < -0.39 is 0 Å². The smallest absolute Gasteiger partial charge is 0.163 e. The maximum atomic E-state index is 13.6. The van der Waals surface area contributed by atoms with E-state index in [-0.39, 0.29) is 41.5 Å². The van der Waals surface area contributed by atoms with Crippen LogP contribution in [0.2, 0.25) is 0 Å². The Labute approximate surface area is 211 Å². The minimum atomic E-state index is -0.0953. The highest BCUT2D eigenvalue weighted by atomic mass is 16.1. The molecular weight excluding hydrogens is 432 g/mol.